The van der Waals surface area contributed by atoms with Gasteiger partial charge in [-0.1, -0.05) is 41.6 Å². The van der Waals surface area contributed by atoms with Crippen molar-refractivity contribution in [1.82, 2.24) is 20.1 Å². The van der Waals surface area contributed by atoms with Crippen molar-refractivity contribution < 1.29 is 4.79 Å². The number of hydrogen-bond donors (Lipinski definition) is 1. The smallest absolute Gasteiger partial charge is 0.230 e. The summed E-state index contributed by atoms with van der Waals surface area (Å²) < 4.78 is 1.90. The minimum absolute atomic E-state index is 0.0244. The number of nitrogens with one attached hydrogen (secondary N) is 1. The Morgan fingerprint density at radius 1 is 1.15 bits per heavy atom. The lowest BCUT2D eigenvalue weighted by Gasteiger charge is -2.09. The van der Waals surface area contributed by atoms with E-state index in [1.807, 2.05) is 34.9 Å². The molecule has 3 rings (SSSR count). The van der Waals surface area contributed by atoms with Gasteiger partial charge in [-0.05, 0) is 61.2 Å². The Bertz CT molecular complexity index is 924. The molecule has 0 atom stereocenters. The SMILES string of the molecule is Cc1ccc(-n2cnnc2SCC(=O)NCCc2ccc(Cl)cc2)cc1C. The van der Waals surface area contributed by atoms with Gasteiger partial charge in [0.05, 0.1) is 5.75 Å². The van der Waals surface area contributed by atoms with E-state index >= 15 is 0 Å². The second kappa shape index (κ2) is 9.06. The molecule has 0 aliphatic rings. The van der Waals surface area contributed by atoms with E-state index in [9.17, 15) is 4.79 Å². The van der Waals surface area contributed by atoms with E-state index in [1.165, 1.54) is 22.9 Å². The van der Waals surface area contributed by atoms with Crippen LogP contribution in [0.3, 0.4) is 0 Å². The largest absolute Gasteiger partial charge is 0.355 e. The first-order valence-corrected chi connectivity index (χ1v) is 10.0. The van der Waals surface area contributed by atoms with Crippen molar-refractivity contribution in [2.75, 3.05) is 12.3 Å². The molecule has 0 saturated heterocycles. The van der Waals surface area contributed by atoms with Crippen LogP contribution in [0.1, 0.15) is 16.7 Å². The molecule has 1 amide bonds. The summed E-state index contributed by atoms with van der Waals surface area (Å²) >= 11 is 7.25. The van der Waals surface area contributed by atoms with Gasteiger partial charge >= 0.3 is 0 Å². The fraction of sp³-hybridized carbons (Fsp3) is 0.250. The van der Waals surface area contributed by atoms with Crippen molar-refractivity contribution in [3.63, 3.8) is 0 Å². The molecule has 5 nitrogen and oxygen atoms in total. The van der Waals surface area contributed by atoms with Gasteiger partial charge in [0.15, 0.2) is 5.16 Å². The number of aromatic nitrogens is 3. The standard InChI is InChI=1S/C20H21ClN4OS/c1-14-3-8-18(11-15(14)2)25-13-23-24-20(25)27-12-19(26)22-10-9-16-4-6-17(21)7-5-16/h3-8,11,13H,9-10,12H2,1-2H3,(H,22,26). The summed E-state index contributed by atoms with van der Waals surface area (Å²) in [5.74, 6) is 0.271. The van der Waals surface area contributed by atoms with Crippen molar-refractivity contribution in [1.29, 1.82) is 0 Å². The summed E-state index contributed by atoms with van der Waals surface area (Å²) in [6.45, 7) is 4.74. The molecule has 1 aromatic heterocycles. The zero-order chi connectivity index (χ0) is 19.2. The number of carbonyl (C=O) groups is 1. The Labute approximate surface area is 168 Å². The fourth-order valence-corrected chi connectivity index (χ4v) is 3.44. The number of aryl methyl sites for hydroxylation is 2. The highest BCUT2D eigenvalue weighted by Crippen LogP contribution is 2.21. The quantitative estimate of drug-likeness (QED) is 0.609. The highest BCUT2D eigenvalue weighted by molar-refractivity contribution is 7.99. The number of hydrogen-bond acceptors (Lipinski definition) is 4. The summed E-state index contributed by atoms with van der Waals surface area (Å²) in [6.07, 6.45) is 2.44. The third kappa shape index (κ3) is 5.34. The number of rotatable bonds is 7. The zero-order valence-electron chi connectivity index (χ0n) is 15.3. The minimum Gasteiger partial charge on any atom is -0.355 e. The second-order valence-electron chi connectivity index (χ2n) is 6.27. The summed E-state index contributed by atoms with van der Waals surface area (Å²) in [7, 11) is 0. The minimum atomic E-state index is -0.0244. The fourth-order valence-electron chi connectivity index (χ4n) is 2.55. The molecule has 0 bridgehead atoms. The van der Waals surface area contributed by atoms with E-state index in [4.69, 9.17) is 11.6 Å². The van der Waals surface area contributed by atoms with E-state index in [2.05, 4.69) is 41.5 Å². The number of benzene rings is 2. The Kier molecular flexibility index (Phi) is 6.53. The molecule has 2 aromatic carbocycles. The van der Waals surface area contributed by atoms with Gasteiger partial charge in [0.2, 0.25) is 5.91 Å². The molecule has 0 fully saturated rings. The molecule has 0 spiro atoms. The Hall–Kier alpha value is -2.31. The molecular formula is C20H21ClN4OS. The molecule has 0 saturated carbocycles. The van der Waals surface area contributed by atoms with Gasteiger partial charge in [-0.2, -0.15) is 0 Å². The van der Waals surface area contributed by atoms with Crippen LogP contribution in [-0.2, 0) is 11.2 Å². The molecular weight excluding hydrogens is 380 g/mol. The molecule has 7 heteroatoms. The van der Waals surface area contributed by atoms with E-state index in [1.54, 1.807) is 6.33 Å². The number of nitrogens with zero attached hydrogens (tertiary/aromatic N) is 3. The monoisotopic (exact) mass is 400 g/mol. The summed E-state index contributed by atoms with van der Waals surface area (Å²) in [5, 5.41) is 12.5. The third-order valence-electron chi connectivity index (χ3n) is 4.27. The maximum atomic E-state index is 12.1. The predicted molar refractivity (Wildman–Crippen MR) is 110 cm³/mol. The second-order valence-corrected chi connectivity index (χ2v) is 7.65. The van der Waals surface area contributed by atoms with E-state index < -0.39 is 0 Å². The van der Waals surface area contributed by atoms with E-state index in [0.29, 0.717) is 22.5 Å². The molecule has 0 unspecified atom stereocenters. The summed E-state index contributed by atoms with van der Waals surface area (Å²) in [6, 6.07) is 13.8. The number of thioether (sulfide) groups is 1. The van der Waals surface area contributed by atoms with Gasteiger partial charge in [0.1, 0.15) is 6.33 Å². The Morgan fingerprint density at radius 2 is 1.93 bits per heavy atom. The van der Waals surface area contributed by atoms with Crippen LogP contribution in [0, 0.1) is 13.8 Å². The average molecular weight is 401 g/mol. The van der Waals surface area contributed by atoms with Crippen LogP contribution in [0.4, 0.5) is 0 Å². The lowest BCUT2D eigenvalue weighted by molar-refractivity contribution is -0.118. The molecule has 1 N–H and O–H groups in total. The molecule has 0 aliphatic carbocycles. The topological polar surface area (TPSA) is 59.8 Å². The van der Waals surface area contributed by atoms with Crippen molar-refractivity contribution in [3.8, 4) is 5.69 Å². The van der Waals surface area contributed by atoms with Gasteiger partial charge < -0.3 is 5.32 Å². The first-order valence-electron chi connectivity index (χ1n) is 8.64. The van der Waals surface area contributed by atoms with Crippen molar-refractivity contribution >= 4 is 29.3 Å². The van der Waals surface area contributed by atoms with Gasteiger partial charge in [-0.25, -0.2) is 0 Å². The summed E-state index contributed by atoms with van der Waals surface area (Å²) in [4.78, 5) is 12.1. The maximum absolute atomic E-state index is 12.1. The van der Waals surface area contributed by atoms with Crippen molar-refractivity contribution in [2.45, 2.75) is 25.4 Å². The van der Waals surface area contributed by atoms with Gasteiger partial charge in [-0.3, -0.25) is 9.36 Å². The Balaban J connectivity index is 1.51. The molecule has 0 aliphatic heterocycles. The predicted octanol–water partition coefficient (Wildman–Crippen LogP) is 3.99. The number of amides is 1. The number of halogens is 1. The molecule has 0 radical (unpaired) electrons. The average Bonchev–Trinajstić information content (AvgIpc) is 3.12. The lowest BCUT2D eigenvalue weighted by Crippen LogP contribution is -2.27. The van der Waals surface area contributed by atoms with Crippen LogP contribution in [0.15, 0.2) is 53.9 Å². The third-order valence-corrected chi connectivity index (χ3v) is 5.46. The van der Waals surface area contributed by atoms with Crippen LogP contribution in [0.25, 0.3) is 5.69 Å². The lowest BCUT2D eigenvalue weighted by atomic mass is 10.1. The van der Waals surface area contributed by atoms with Crippen LogP contribution in [0.2, 0.25) is 5.02 Å². The maximum Gasteiger partial charge on any atom is 0.230 e. The number of carbonyl (C=O) groups excluding carboxylic acids is 1. The van der Waals surface area contributed by atoms with E-state index in [-0.39, 0.29) is 5.91 Å². The van der Waals surface area contributed by atoms with Crippen molar-refractivity contribution in [2.24, 2.45) is 0 Å². The van der Waals surface area contributed by atoms with Gasteiger partial charge in [-0.15, -0.1) is 10.2 Å². The van der Waals surface area contributed by atoms with Gasteiger partial charge in [0.25, 0.3) is 0 Å². The van der Waals surface area contributed by atoms with Crippen LogP contribution >= 0.6 is 23.4 Å². The molecule has 3 aromatic rings. The van der Waals surface area contributed by atoms with Gasteiger partial charge in [0, 0.05) is 17.3 Å². The molecule has 1 heterocycles. The van der Waals surface area contributed by atoms with Crippen molar-refractivity contribution in [3.05, 3.63) is 70.5 Å². The molecule has 140 valence electrons. The normalized spacial score (nSPS) is 10.8. The van der Waals surface area contributed by atoms with Crippen LogP contribution in [0.5, 0.6) is 0 Å². The first-order chi connectivity index (χ1) is 13.0. The first kappa shape index (κ1) is 19.5. The highest BCUT2D eigenvalue weighted by atomic mass is 35.5. The Morgan fingerprint density at radius 3 is 2.67 bits per heavy atom. The van der Waals surface area contributed by atoms with Crippen LogP contribution < -0.4 is 5.32 Å². The highest BCUT2D eigenvalue weighted by Gasteiger charge is 2.10. The summed E-state index contributed by atoms with van der Waals surface area (Å²) in [5.41, 5.74) is 4.58. The van der Waals surface area contributed by atoms with Crippen LogP contribution in [-0.4, -0.2) is 33.0 Å². The zero-order valence-corrected chi connectivity index (χ0v) is 16.8. The van der Waals surface area contributed by atoms with E-state index in [0.717, 1.165) is 17.7 Å². The molecule has 27 heavy (non-hydrogen) atoms.